The van der Waals surface area contributed by atoms with Crippen molar-refractivity contribution in [1.82, 2.24) is 14.5 Å². The predicted octanol–water partition coefficient (Wildman–Crippen LogP) is 2.98. The second-order valence-electron chi connectivity index (χ2n) is 5.71. The van der Waals surface area contributed by atoms with Crippen LogP contribution in [0.25, 0.3) is 10.9 Å². The molecule has 0 N–H and O–H groups in total. The smallest absolute Gasteiger partial charge is 0.261 e. The van der Waals surface area contributed by atoms with Gasteiger partial charge in [-0.2, -0.15) is 0 Å². The van der Waals surface area contributed by atoms with Crippen LogP contribution < -0.4 is 5.56 Å². The Hall–Kier alpha value is -2.73. The minimum atomic E-state index is -0.189. The van der Waals surface area contributed by atoms with Crippen molar-refractivity contribution in [2.24, 2.45) is 0 Å². The number of fused-ring (bicyclic) bond motifs is 1. The number of rotatable bonds is 6. The molecule has 0 unspecified atom stereocenters. The van der Waals surface area contributed by atoms with Crippen LogP contribution in [0.4, 0.5) is 0 Å². The van der Waals surface area contributed by atoms with E-state index in [4.69, 9.17) is 0 Å². The summed E-state index contributed by atoms with van der Waals surface area (Å²) in [5.74, 6) is 0.405. The highest BCUT2D eigenvalue weighted by Gasteiger charge is 2.17. The van der Waals surface area contributed by atoms with E-state index in [1.54, 1.807) is 47.4 Å². The van der Waals surface area contributed by atoms with Gasteiger partial charge in [0.2, 0.25) is 5.91 Å². The van der Waals surface area contributed by atoms with Crippen molar-refractivity contribution in [3.63, 3.8) is 0 Å². The van der Waals surface area contributed by atoms with Crippen LogP contribution in [0, 0.1) is 6.92 Å². The maximum atomic E-state index is 12.8. The number of carbonyl (C=O) groups excluding carboxylic acids is 1. The molecule has 3 rings (SSSR count). The maximum absolute atomic E-state index is 12.8. The summed E-state index contributed by atoms with van der Waals surface area (Å²) in [7, 11) is 0. The third-order valence-electron chi connectivity index (χ3n) is 3.97. The van der Waals surface area contributed by atoms with Gasteiger partial charge in [0.1, 0.15) is 12.4 Å². The summed E-state index contributed by atoms with van der Waals surface area (Å²) in [6.07, 6.45) is 1.69. The number of nitrogens with zero attached hydrogens (tertiary/aromatic N) is 3. The lowest BCUT2D eigenvalue weighted by molar-refractivity contribution is -0.132. The molecule has 0 radical (unpaired) electrons. The molecule has 1 amide bonds. The van der Waals surface area contributed by atoms with Crippen LogP contribution in [0.2, 0.25) is 0 Å². The zero-order valence-electron chi connectivity index (χ0n) is 14.0. The van der Waals surface area contributed by atoms with Crippen molar-refractivity contribution >= 4 is 28.1 Å². The van der Waals surface area contributed by atoms with E-state index in [1.807, 2.05) is 23.6 Å². The van der Waals surface area contributed by atoms with E-state index in [9.17, 15) is 9.59 Å². The molecule has 0 saturated carbocycles. The fraction of sp³-hybridized carbons (Fsp3) is 0.211. The number of aryl methyl sites for hydroxylation is 1. The van der Waals surface area contributed by atoms with Gasteiger partial charge in [0.05, 0.1) is 17.4 Å². The van der Waals surface area contributed by atoms with Crippen LogP contribution in [0.15, 0.2) is 59.2 Å². The Kier molecular flexibility index (Phi) is 5.09. The Morgan fingerprint density at radius 1 is 1.32 bits per heavy atom. The number of benzene rings is 1. The van der Waals surface area contributed by atoms with Crippen LogP contribution in [-0.2, 0) is 17.9 Å². The number of amides is 1. The predicted molar refractivity (Wildman–Crippen MR) is 101 cm³/mol. The SMILES string of the molecule is C=CCN(Cc1cccs1)C(=O)Cn1c(C)nc2ccccc2c1=O. The molecule has 0 aliphatic heterocycles. The van der Waals surface area contributed by atoms with E-state index in [2.05, 4.69) is 11.6 Å². The van der Waals surface area contributed by atoms with Gasteiger partial charge in [0.15, 0.2) is 0 Å². The fourth-order valence-corrected chi connectivity index (χ4v) is 3.42. The molecule has 6 heteroatoms. The van der Waals surface area contributed by atoms with Gasteiger partial charge >= 0.3 is 0 Å². The van der Waals surface area contributed by atoms with E-state index >= 15 is 0 Å². The molecule has 25 heavy (non-hydrogen) atoms. The lowest BCUT2D eigenvalue weighted by Gasteiger charge is -2.21. The Labute approximate surface area is 149 Å². The standard InChI is InChI=1S/C19H19N3O2S/c1-3-10-21(12-15-7-6-11-25-15)18(23)13-22-14(2)20-17-9-5-4-8-16(17)19(22)24/h3-9,11H,1,10,12-13H2,2H3. The fourth-order valence-electron chi connectivity index (χ4n) is 2.70. The number of hydrogen-bond acceptors (Lipinski definition) is 4. The molecule has 2 heterocycles. The first-order valence-electron chi connectivity index (χ1n) is 7.97. The Bertz CT molecular complexity index is 960. The van der Waals surface area contributed by atoms with E-state index < -0.39 is 0 Å². The van der Waals surface area contributed by atoms with E-state index in [1.165, 1.54) is 4.57 Å². The second-order valence-corrected chi connectivity index (χ2v) is 6.74. The van der Waals surface area contributed by atoms with Crippen molar-refractivity contribution in [1.29, 1.82) is 0 Å². The van der Waals surface area contributed by atoms with E-state index in [-0.39, 0.29) is 18.0 Å². The number of aromatic nitrogens is 2. The Morgan fingerprint density at radius 3 is 2.84 bits per heavy atom. The summed E-state index contributed by atoms with van der Waals surface area (Å²) in [5, 5.41) is 2.50. The normalized spacial score (nSPS) is 10.8. The molecule has 0 fully saturated rings. The zero-order chi connectivity index (χ0) is 17.8. The topological polar surface area (TPSA) is 55.2 Å². The highest BCUT2D eigenvalue weighted by Crippen LogP contribution is 2.13. The summed E-state index contributed by atoms with van der Waals surface area (Å²) in [6, 6.07) is 11.1. The summed E-state index contributed by atoms with van der Waals surface area (Å²) < 4.78 is 1.44. The largest absolute Gasteiger partial charge is 0.332 e. The molecule has 0 bridgehead atoms. The van der Waals surface area contributed by atoms with Crippen LogP contribution in [0.3, 0.4) is 0 Å². The molecule has 5 nitrogen and oxygen atoms in total. The van der Waals surface area contributed by atoms with Gasteiger partial charge in [-0.1, -0.05) is 24.3 Å². The maximum Gasteiger partial charge on any atom is 0.261 e. The third kappa shape index (κ3) is 3.69. The van der Waals surface area contributed by atoms with Crippen molar-refractivity contribution in [3.05, 3.63) is 75.5 Å². The average molecular weight is 353 g/mol. The van der Waals surface area contributed by atoms with Gasteiger partial charge in [0, 0.05) is 11.4 Å². The third-order valence-corrected chi connectivity index (χ3v) is 4.84. The van der Waals surface area contributed by atoms with Crippen molar-refractivity contribution in [3.8, 4) is 0 Å². The van der Waals surface area contributed by atoms with E-state index in [0.29, 0.717) is 29.8 Å². The molecule has 3 aromatic rings. The lowest BCUT2D eigenvalue weighted by atomic mass is 10.2. The molecule has 1 aromatic carbocycles. The number of carbonyl (C=O) groups is 1. The minimum Gasteiger partial charge on any atom is -0.332 e. The highest BCUT2D eigenvalue weighted by atomic mass is 32.1. The molecule has 0 spiro atoms. The van der Waals surface area contributed by atoms with Gasteiger partial charge < -0.3 is 4.90 Å². The average Bonchev–Trinajstić information content (AvgIpc) is 3.11. The monoisotopic (exact) mass is 353 g/mol. The molecule has 0 aliphatic rings. The molecule has 2 aromatic heterocycles. The first kappa shape index (κ1) is 17.1. The van der Waals surface area contributed by atoms with Crippen LogP contribution in [0.1, 0.15) is 10.7 Å². The minimum absolute atomic E-state index is 0.0261. The van der Waals surface area contributed by atoms with Gasteiger partial charge in [-0.25, -0.2) is 4.98 Å². The summed E-state index contributed by atoms with van der Waals surface area (Å²) in [4.78, 5) is 32.7. The molecule has 0 aliphatic carbocycles. The number of hydrogen-bond donors (Lipinski definition) is 0. The number of thiophene rings is 1. The first-order valence-corrected chi connectivity index (χ1v) is 8.85. The Balaban J connectivity index is 1.89. The van der Waals surface area contributed by atoms with Gasteiger partial charge in [-0.3, -0.25) is 14.2 Å². The molecule has 0 saturated heterocycles. The van der Waals surface area contributed by atoms with Crippen molar-refractivity contribution < 1.29 is 4.79 Å². The van der Waals surface area contributed by atoms with Crippen LogP contribution >= 0.6 is 11.3 Å². The second kappa shape index (κ2) is 7.44. The highest BCUT2D eigenvalue weighted by molar-refractivity contribution is 7.09. The summed E-state index contributed by atoms with van der Waals surface area (Å²) in [6.45, 7) is 6.39. The molecular weight excluding hydrogens is 334 g/mol. The molecule has 0 atom stereocenters. The zero-order valence-corrected chi connectivity index (χ0v) is 14.8. The Morgan fingerprint density at radius 2 is 2.12 bits per heavy atom. The molecule has 128 valence electrons. The lowest BCUT2D eigenvalue weighted by Crippen LogP contribution is -2.37. The van der Waals surface area contributed by atoms with Crippen molar-refractivity contribution in [2.75, 3.05) is 6.54 Å². The molecular formula is C19H19N3O2S. The summed E-state index contributed by atoms with van der Waals surface area (Å²) >= 11 is 1.60. The van der Waals surface area contributed by atoms with Gasteiger partial charge in [-0.05, 0) is 30.5 Å². The van der Waals surface area contributed by atoms with Gasteiger partial charge in [-0.15, -0.1) is 17.9 Å². The van der Waals surface area contributed by atoms with Crippen molar-refractivity contribution in [2.45, 2.75) is 20.0 Å². The first-order chi connectivity index (χ1) is 12.1. The summed E-state index contributed by atoms with van der Waals surface area (Å²) in [5.41, 5.74) is 0.460. The quantitative estimate of drug-likeness (QED) is 0.640. The van der Waals surface area contributed by atoms with Gasteiger partial charge in [0.25, 0.3) is 5.56 Å². The van der Waals surface area contributed by atoms with Crippen LogP contribution in [-0.4, -0.2) is 26.9 Å². The number of para-hydroxylation sites is 1. The van der Waals surface area contributed by atoms with E-state index in [0.717, 1.165) is 4.88 Å². The van der Waals surface area contributed by atoms with Crippen LogP contribution in [0.5, 0.6) is 0 Å².